The predicted molar refractivity (Wildman–Crippen MR) is 120 cm³/mol. The molecule has 3 heterocycles. The van der Waals surface area contributed by atoms with E-state index in [0.717, 1.165) is 16.9 Å². The molecule has 31 heavy (non-hydrogen) atoms. The SMILES string of the molecule is O=C(/C=C/c1coc2ccccc2c1=O)N1CCN(c2cnc3ccccc3n2)CC1. The van der Waals surface area contributed by atoms with Crippen LogP contribution in [0.4, 0.5) is 5.82 Å². The van der Waals surface area contributed by atoms with Gasteiger partial charge in [0.1, 0.15) is 17.7 Å². The molecule has 2 aromatic carbocycles. The van der Waals surface area contributed by atoms with Gasteiger partial charge in [0, 0.05) is 32.3 Å². The second-order valence-corrected chi connectivity index (χ2v) is 7.38. The number of carbonyl (C=O) groups excluding carboxylic acids is 1. The molecule has 1 fully saturated rings. The molecule has 2 aromatic heterocycles. The molecular formula is C24H20N4O3. The highest BCUT2D eigenvalue weighted by Crippen LogP contribution is 2.17. The first kappa shape index (κ1) is 19.0. The molecule has 0 bridgehead atoms. The third kappa shape index (κ3) is 3.77. The highest BCUT2D eigenvalue weighted by molar-refractivity contribution is 5.92. The van der Waals surface area contributed by atoms with Crippen LogP contribution in [-0.2, 0) is 4.79 Å². The van der Waals surface area contributed by atoms with Crippen molar-refractivity contribution in [2.75, 3.05) is 31.1 Å². The molecule has 0 aliphatic carbocycles. The van der Waals surface area contributed by atoms with E-state index in [1.807, 2.05) is 30.3 Å². The lowest BCUT2D eigenvalue weighted by molar-refractivity contribution is -0.126. The Kier molecular flexibility index (Phi) is 4.92. The van der Waals surface area contributed by atoms with E-state index >= 15 is 0 Å². The van der Waals surface area contributed by atoms with E-state index in [9.17, 15) is 9.59 Å². The lowest BCUT2D eigenvalue weighted by atomic mass is 10.1. The highest BCUT2D eigenvalue weighted by Gasteiger charge is 2.21. The van der Waals surface area contributed by atoms with Crippen LogP contribution in [0.1, 0.15) is 5.56 Å². The molecule has 5 rings (SSSR count). The topological polar surface area (TPSA) is 79.5 Å². The molecule has 1 aliphatic heterocycles. The fourth-order valence-electron chi connectivity index (χ4n) is 3.73. The summed E-state index contributed by atoms with van der Waals surface area (Å²) in [4.78, 5) is 38.2. The van der Waals surface area contributed by atoms with Crippen LogP contribution in [0.3, 0.4) is 0 Å². The van der Waals surface area contributed by atoms with Crippen molar-refractivity contribution in [3.8, 4) is 0 Å². The standard InChI is InChI=1S/C24H20N4O3/c29-23(10-9-17-16-31-21-8-4-1-5-18(21)24(17)30)28-13-11-27(12-14-28)22-15-25-19-6-2-3-7-20(19)26-22/h1-10,15-16H,11-14H2/b10-9+. The molecule has 7 nitrogen and oxygen atoms in total. The summed E-state index contributed by atoms with van der Waals surface area (Å²) in [6.45, 7) is 2.49. The van der Waals surface area contributed by atoms with Crippen LogP contribution in [-0.4, -0.2) is 47.0 Å². The quantitative estimate of drug-likeness (QED) is 0.481. The maximum Gasteiger partial charge on any atom is 0.246 e. The van der Waals surface area contributed by atoms with Crippen molar-refractivity contribution in [3.63, 3.8) is 0 Å². The van der Waals surface area contributed by atoms with Gasteiger partial charge in [0.05, 0.1) is 28.2 Å². The summed E-state index contributed by atoms with van der Waals surface area (Å²) < 4.78 is 5.50. The second kappa shape index (κ2) is 8.02. The zero-order chi connectivity index (χ0) is 21.2. The first-order valence-electron chi connectivity index (χ1n) is 10.1. The Morgan fingerprint density at radius 2 is 1.71 bits per heavy atom. The number of nitrogens with zero attached hydrogens (tertiary/aromatic N) is 4. The van der Waals surface area contributed by atoms with Gasteiger partial charge in [0.25, 0.3) is 0 Å². The summed E-state index contributed by atoms with van der Waals surface area (Å²) in [5.41, 5.74) is 2.46. The molecule has 0 N–H and O–H groups in total. The van der Waals surface area contributed by atoms with Crippen LogP contribution < -0.4 is 10.3 Å². The molecule has 0 saturated carbocycles. The van der Waals surface area contributed by atoms with E-state index in [2.05, 4.69) is 14.9 Å². The lowest BCUT2D eigenvalue weighted by Gasteiger charge is -2.34. The Morgan fingerprint density at radius 3 is 2.55 bits per heavy atom. The monoisotopic (exact) mass is 412 g/mol. The fourth-order valence-corrected chi connectivity index (χ4v) is 3.73. The van der Waals surface area contributed by atoms with Crippen LogP contribution in [0.5, 0.6) is 0 Å². The van der Waals surface area contributed by atoms with Crippen molar-refractivity contribution in [2.24, 2.45) is 0 Å². The second-order valence-electron chi connectivity index (χ2n) is 7.38. The van der Waals surface area contributed by atoms with Gasteiger partial charge in [-0.25, -0.2) is 4.98 Å². The molecule has 0 spiro atoms. The summed E-state index contributed by atoms with van der Waals surface area (Å²) in [5, 5.41) is 0.502. The number of hydrogen-bond donors (Lipinski definition) is 0. The summed E-state index contributed by atoms with van der Waals surface area (Å²) in [5.74, 6) is 0.687. The number of piperazine rings is 1. The van der Waals surface area contributed by atoms with Gasteiger partial charge in [0.2, 0.25) is 5.91 Å². The Bertz CT molecular complexity index is 1350. The summed E-state index contributed by atoms with van der Waals surface area (Å²) in [7, 11) is 0. The molecule has 1 saturated heterocycles. The van der Waals surface area contributed by atoms with Crippen molar-refractivity contribution in [3.05, 3.63) is 82.9 Å². The molecule has 0 atom stereocenters. The van der Waals surface area contributed by atoms with Gasteiger partial charge in [-0.3, -0.25) is 14.6 Å². The minimum Gasteiger partial charge on any atom is -0.463 e. The smallest absolute Gasteiger partial charge is 0.246 e. The van der Waals surface area contributed by atoms with Crippen LogP contribution in [0.25, 0.3) is 28.1 Å². The lowest BCUT2D eigenvalue weighted by Crippen LogP contribution is -2.48. The Balaban J connectivity index is 1.25. The largest absolute Gasteiger partial charge is 0.463 e. The number of anilines is 1. The van der Waals surface area contributed by atoms with E-state index in [4.69, 9.17) is 4.42 Å². The van der Waals surface area contributed by atoms with Crippen LogP contribution >= 0.6 is 0 Å². The van der Waals surface area contributed by atoms with E-state index in [1.165, 1.54) is 18.4 Å². The first-order valence-corrected chi connectivity index (χ1v) is 10.1. The van der Waals surface area contributed by atoms with Crippen LogP contribution in [0.15, 0.2) is 76.3 Å². The van der Waals surface area contributed by atoms with Gasteiger partial charge in [-0.2, -0.15) is 0 Å². The molecule has 4 aromatic rings. The molecule has 1 amide bonds. The number of carbonyl (C=O) groups is 1. The predicted octanol–water partition coefficient (Wildman–Crippen LogP) is 3.10. The van der Waals surface area contributed by atoms with Crippen LogP contribution in [0.2, 0.25) is 0 Å². The molecule has 7 heteroatoms. The van der Waals surface area contributed by atoms with Gasteiger partial charge in [-0.05, 0) is 30.3 Å². The zero-order valence-corrected chi connectivity index (χ0v) is 16.8. The van der Waals surface area contributed by atoms with Crippen LogP contribution in [0, 0.1) is 0 Å². The van der Waals surface area contributed by atoms with Crippen molar-refractivity contribution >= 4 is 39.8 Å². The summed E-state index contributed by atoms with van der Waals surface area (Å²) in [6, 6.07) is 14.8. The fraction of sp³-hybridized carbons (Fsp3) is 0.167. The van der Waals surface area contributed by atoms with E-state index < -0.39 is 0 Å². The normalized spacial score (nSPS) is 14.6. The maximum absolute atomic E-state index is 12.6. The maximum atomic E-state index is 12.6. The van der Waals surface area contributed by atoms with Crippen molar-refractivity contribution in [2.45, 2.75) is 0 Å². The number of benzene rings is 2. The number of hydrogen-bond acceptors (Lipinski definition) is 6. The first-order chi connectivity index (χ1) is 15.2. The van der Waals surface area contributed by atoms with Gasteiger partial charge in [0.15, 0.2) is 5.43 Å². The summed E-state index contributed by atoms with van der Waals surface area (Å²) >= 11 is 0. The number of fused-ring (bicyclic) bond motifs is 2. The third-order valence-corrected chi connectivity index (χ3v) is 5.46. The molecule has 154 valence electrons. The molecule has 1 aliphatic rings. The Labute approximate surface area is 178 Å². The van der Waals surface area contributed by atoms with Gasteiger partial charge < -0.3 is 14.2 Å². The average molecular weight is 412 g/mol. The minimum absolute atomic E-state index is 0.128. The number of amides is 1. The Hall–Kier alpha value is -4.00. The van der Waals surface area contributed by atoms with Gasteiger partial charge >= 0.3 is 0 Å². The number of rotatable bonds is 3. The molecule has 0 unspecified atom stereocenters. The molecular weight excluding hydrogens is 392 g/mol. The Morgan fingerprint density at radius 1 is 0.968 bits per heavy atom. The highest BCUT2D eigenvalue weighted by atomic mass is 16.3. The van der Waals surface area contributed by atoms with Crippen molar-refractivity contribution in [1.82, 2.24) is 14.9 Å². The zero-order valence-electron chi connectivity index (χ0n) is 16.8. The summed E-state index contributed by atoms with van der Waals surface area (Å²) in [6.07, 6.45) is 6.14. The van der Waals surface area contributed by atoms with Crippen molar-refractivity contribution in [1.29, 1.82) is 0 Å². The minimum atomic E-state index is -0.148. The van der Waals surface area contributed by atoms with Gasteiger partial charge in [-0.15, -0.1) is 0 Å². The van der Waals surface area contributed by atoms with E-state index in [1.54, 1.807) is 29.3 Å². The number of para-hydroxylation sites is 3. The number of aromatic nitrogens is 2. The molecule has 0 radical (unpaired) electrons. The van der Waals surface area contributed by atoms with Crippen molar-refractivity contribution < 1.29 is 9.21 Å². The average Bonchev–Trinajstić information content (AvgIpc) is 2.83. The van der Waals surface area contributed by atoms with Gasteiger partial charge in [-0.1, -0.05) is 24.3 Å². The third-order valence-electron chi connectivity index (χ3n) is 5.46. The van der Waals surface area contributed by atoms with E-state index in [-0.39, 0.29) is 11.3 Å². The van der Waals surface area contributed by atoms with E-state index in [0.29, 0.717) is 42.7 Å².